The lowest BCUT2D eigenvalue weighted by atomic mass is 10.0. The van der Waals surface area contributed by atoms with Crippen LogP contribution in [0.4, 0.5) is 24.5 Å². The molecule has 3 aromatic rings. The van der Waals surface area contributed by atoms with E-state index in [-0.39, 0.29) is 55.6 Å². The van der Waals surface area contributed by atoms with Gasteiger partial charge in [0, 0.05) is 62.2 Å². The van der Waals surface area contributed by atoms with Gasteiger partial charge >= 0.3 is 18.1 Å². The number of nitrogens with zero attached hydrogens (tertiary/aromatic N) is 2. The second-order valence-electron chi connectivity index (χ2n) is 11.8. The van der Waals surface area contributed by atoms with Crippen molar-refractivity contribution in [2.45, 2.75) is 64.4 Å². The van der Waals surface area contributed by atoms with Crippen LogP contribution < -0.4 is 20.7 Å². The second kappa shape index (κ2) is 17.7. The summed E-state index contributed by atoms with van der Waals surface area (Å²) in [5.41, 5.74) is 2.35. The molecule has 0 spiro atoms. The van der Waals surface area contributed by atoms with Gasteiger partial charge in [0.05, 0.1) is 30.6 Å². The van der Waals surface area contributed by atoms with Crippen molar-refractivity contribution >= 4 is 40.1 Å². The first-order chi connectivity index (χ1) is 23.9. The zero-order chi connectivity index (χ0) is 36.3. The molecule has 1 saturated heterocycles. The first-order valence-corrected chi connectivity index (χ1v) is 16.6. The van der Waals surface area contributed by atoms with Crippen LogP contribution in [0.25, 0.3) is 10.9 Å². The highest BCUT2D eigenvalue weighted by Gasteiger charge is 2.30. The van der Waals surface area contributed by atoms with Crippen LogP contribution in [0.15, 0.2) is 42.5 Å². The summed E-state index contributed by atoms with van der Waals surface area (Å²) in [6.07, 6.45) is -3.10. The summed E-state index contributed by atoms with van der Waals surface area (Å²) < 4.78 is 58.5. The van der Waals surface area contributed by atoms with E-state index in [1.807, 2.05) is 6.07 Å². The number of aromatic nitrogens is 1. The number of halogens is 3. The van der Waals surface area contributed by atoms with Gasteiger partial charge in [0.1, 0.15) is 25.0 Å². The number of rotatable bonds is 14. The van der Waals surface area contributed by atoms with Crippen LogP contribution >= 0.6 is 0 Å². The Balaban J connectivity index is 1.46. The molecule has 1 aliphatic rings. The van der Waals surface area contributed by atoms with E-state index >= 15 is 0 Å². The van der Waals surface area contributed by atoms with Crippen LogP contribution in [-0.2, 0) is 25.6 Å². The Hall–Kier alpha value is -4.90. The zero-order valence-electron chi connectivity index (χ0n) is 28.7. The molecule has 3 N–H and O–H groups in total. The lowest BCUT2D eigenvalue weighted by molar-refractivity contribution is -0.160. The van der Waals surface area contributed by atoms with Crippen LogP contribution in [0.3, 0.4) is 0 Å². The molecule has 11 nitrogen and oxygen atoms in total. The molecule has 1 amide bonds. The normalized spacial score (nSPS) is 14.3. The number of benzene rings is 2. The van der Waals surface area contributed by atoms with Gasteiger partial charge in [-0.05, 0) is 55.2 Å². The number of piperidine rings is 1. The lowest BCUT2D eigenvalue weighted by Gasteiger charge is -2.34. The van der Waals surface area contributed by atoms with Gasteiger partial charge in [-0.2, -0.15) is 13.2 Å². The van der Waals surface area contributed by atoms with Crippen molar-refractivity contribution in [1.29, 1.82) is 0 Å². The summed E-state index contributed by atoms with van der Waals surface area (Å²) >= 11 is 0. The maximum Gasteiger partial charge on any atom is 0.406 e. The van der Waals surface area contributed by atoms with E-state index in [0.29, 0.717) is 53.2 Å². The SMILES string of the molecule is CCC(=O)OCC(CN1CCC(Nc2cccc3c2cc(C#CCNc2ccc(C(=O)NC)cc2OC)n3CC(F)(F)F)CC1)OC(=O)CC. The third-order valence-corrected chi connectivity index (χ3v) is 8.27. The van der Waals surface area contributed by atoms with Crippen molar-refractivity contribution in [2.75, 3.05) is 57.6 Å². The Bertz CT molecular complexity index is 1710. The van der Waals surface area contributed by atoms with Gasteiger partial charge in [-0.1, -0.05) is 25.8 Å². The molecule has 1 fully saturated rings. The van der Waals surface area contributed by atoms with Gasteiger partial charge in [0.25, 0.3) is 5.91 Å². The molecule has 4 rings (SSSR count). The van der Waals surface area contributed by atoms with Crippen LogP contribution in [0.5, 0.6) is 5.75 Å². The van der Waals surface area contributed by atoms with Gasteiger partial charge in [-0.3, -0.25) is 19.3 Å². The topological polar surface area (TPSA) is 123 Å². The number of ether oxygens (including phenoxy) is 3. The molecule has 0 radical (unpaired) electrons. The highest BCUT2D eigenvalue weighted by molar-refractivity contribution is 5.95. The van der Waals surface area contributed by atoms with E-state index in [1.54, 1.807) is 50.2 Å². The van der Waals surface area contributed by atoms with E-state index in [9.17, 15) is 27.6 Å². The summed E-state index contributed by atoms with van der Waals surface area (Å²) in [5.74, 6) is 5.27. The van der Waals surface area contributed by atoms with E-state index < -0.39 is 18.8 Å². The maximum atomic E-state index is 13.7. The van der Waals surface area contributed by atoms with Crippen LogP contribution in [-0.4, -0.2) is 92.6 Å². The number of fused-ring (bicyclic) bond motifs is 1. The number of hydrogen-bond acceptors (Lipinski definition) is 9. The Morgan fingerprint density at radius 3 is 2.42 bits per heavy atom. The van der Waals surface area contributed by atoms with Crippen molar-refractivity contribution in [3.8, 4) is 17.6 Å². The first-order valence-electron chi connectivity index (χ1n) is 16.6. The molecular weight excluding hydrogens is 655 g/mol. The van der Waals surface area contributed by atoms with Crippen LogP contribution in [0.1, 0.15) is 55.6 Å². The zero-order valence-corrected chi connectivity index (χ0v) is 28.7. The molecule has 50 heavy (non-hydrogen) atoms. The summed E-state index contributed by atoms with van der Waals surface area (Å²) in [6.45, 7) is 4.12. The fraction of sp³-hybridized carbons (Fsp3) is 0.472. The molecule has 270 valence electrons. The quantitative estimate of drug-likeness (QED) is 0.154. The molecule has 0 aliphatic carbocycles. The van der Waals surface area contributed by atoms with Gasteiger partial charge in [-0.15, -0.1) is 0 Å². The molecule has 0 saturated carbocycles. The minimum Gasteiger partial charge on any atom is -0.495 e. The third kappa shape index (κ3) is 10.5. The number of hydrogen-bond donors (Lipinski definition) is 3. The average Bonchev–Trinajstić information content (AvgIpc) is 3.45. The fourth-order valence-electron chi connectivity index (χ4n) is 5.71. The molecule has 2 heterocycles. The molecule has 1 atom stereocenters. The number of esters is 2. The van der Waals surface area contributed by atoms with Gasteiger partial charge in [0.15, 0.2) is 0 Å². The fourth-order valence-corrected chi connectivity index (χ4v) is 5.71. The predicted molar refractivity (Wildman–Crippen MR) is 184 cm³/mol. The lowest BCUT2D eigenvalue weighted by Crippen LogP contribution is -2.44. The largest absolute Gasteiger partial charge is 0.495 e. The number of amides is 1. The Kier molecular flexibility index (Phi) is 13.4. The second-order valence-corrected chi connectivity index (χ2v) is 11.8. The number of methoxy groups -OCH3 is 1. The molecule has 1 aromatic heterocycles. The molecular formula is C36H44F3N5O6. The highest BCUT2D eigenvalue weighted by Crippen LogP contribution is 2.31. The number of likely N-dealkylation sites (tertiary alicyclic amines) is 1. The molecule has 0 bridgehead atoms. The maximum absolute atomic E-state index is 13.7. The highest BCUT2D eigenvalue weighted by atomic mass is 19.4. The number of alkyl halides is 3. The standard InChI is InChI=1S/C36H44F3N5O6/c1-5-33(45)49-22-27(50-34(46)6-2)21-43-17-14-25(15-18-43)42-29-10-7-11-31-28(29)20-26(44(31)23-36(37,38)39)9-8-16-41-30-13-12-24(35(47)40-3)19-32(30)48-4/h7,10-13,19-20,25,27,41-42H,5-6,14-18,21-23H2,1-4H3,(H,40,47). The van der Waals surface area contributed by atoms with E-state index in [4.69, 9.17) is 14.2 Å². The van der Waals surface area contributed by atoms with Gasteiger partial charge < -0.3 is 34.7 Å². The van der Waals surface area contributed by atoms with E-state index in [0.717, 1.165) is 12.8 Å². The number of carbonyl (C=O) groups excluding carboxylic acids is 3. The molecule has 1 unspecified atom stereocenters. The Labute approximate surface area is 289 Å². The summed E-state index contributed by atoms with van der Waals surface area (Å²) in [4.78, 5) is 37.7. The monoisotopic (exact) mass is 699 g/mol. The minimum absolute atomic E-state index is 0.00475. The summed E-state index contributed by atoms with van der Waals surface area (Å²) in [7, 11) is 3.00. The predicted octanol–water partition coefficient (Wildman–Crippen LogP) is 5.19. The number of anilines is 2. The Morgan fingerprint density at radius 2 is 1.76 bits per heavy atom. The number of carbonyl (C=O) groups is 3. The summed E-state index contributed by atoms with van der Waals surface area (Å²) in [5, 5.41) is 9.82. The minimum atomic E-state index is -4.46. The molecule has 2 aromatic carbocycles. The van der Waals surface area contributed by atoms with Crippen molar-refractivity contribution in [3.05, 3.63) is 53.7 Å². The van der Waals surface area contributed by atoms with E-state index in [1.165, 1.54) is 18.7 Å². The smallest absolute Gasteiger partial charge is 0.406 e. The van der Waals surface area contributed by atoms with Gasteiger partial charge in [-0.25, -0.2) is 0 Å². The molecule has 14 heteroatoms. The van der Waals surface area contributed by atoms with Crippen molar-refractivity contribution in [2.24, 2.45) is 0 Å². The van der Waals surface area contributed by atoms with Crippen LogP contribution in [0, 0.1) is 11.8 Å². The average molecular weight is 700 g/mol. The van der Waals surface area contributed by atoms with Crippen molar-refractivity contribution in [3.63, 3.8) is 0 Å². The van der Waals surface area contributed by atoms with Gasteiger partial charge in [0.2, 0.25) is 0 Å². The first kappa shape index (κ1) is 37.9. The Morgan fingerprint density at radius 1 is 1.02 bits per heavy atom. The van der Waals surface area contributed by atoms with Crippen molar-refractivity contribution < 1.29 is 41.8 Å². The van der Waals surface area contributed by atoms with E-state index in [2.05, 4.69) is 32.7 Å². The molecule has 1 aliphatic heterocycles. The summed E-state index contributed by atoms with van der Waals surface area (Å²) in [6, 6.07) is 11.9. The van der Waals surface area contributed by atoms with Crippen molar-refractivity contribution in [1.82, 2.24) is 14.8 Å². The van der Waals surface area contributed by atoms with Crippen LogP contribution in [0.2, 0.25) is 0 Å². The number of nitrogens with one attached hydrogen (secondary N) is 3. The third-order valence-electron chi connectivity index (χ3n) is 8.27.